The van der Waals surface area contributed by atoms with E-state index < -0.39 is 5.60 Å². The molecule has 2 rings (SSSR count). The van der Waals surface area contributed by atoms with Crippen molar-refractivity contribution >= 4 is 11.3 Å². The molecule has 0 radical (unpaired) electrons. The summed E-state index contributed by atoms with van der Waals surface area (Å²) in [5, 5.41) is 15.2. The molecule has 0 aromatic carbocycles. The van der Waals surface area contributed by atoms with Gasteiger partial charge >= 0.3 is 0 Å². The average molecular weight is 312 g/mol. The van der Waals surface area contributed by atoms with Crippen LogP contribution in [0, 0.1) is 6.92 Å². The van der Waals surface area contributed by atoms with Crippen molar-refractivity contribution in [3.8, 4) is 0 Å². The lowest BCUT2D eigenvalue weighted by molar-refractivity contribution is -0.0274. The van der Waals surface area contributed by atoms with Crippen LogP contribution in [0.25, 0.3) is 0 Å². The van der Waals surface area contributed by atoms with Gasteiger partial charge in [-0.1, -0.05) is 20.8 Å². The molecule has 120 valence electrons. The number of nitrogens with one attached hydrogen (secondary N) is 1. The molecule has 5 heteroatoms. The standard InChI is InChI=1S/C16H28N2O2S/c1-10(17-9-16(19)7-8-20-12(16)3)13-11(2)18-14(21-13)15(4,5)6/h10,12,17,19H,7-9H2,1-6H3. The Labute approximate surface area is 131 Å². The highest BCUT2D eigenvalue weighted by molar-refractivity contribution is 7.12. The van der Waals surface area contributed by atoms with Crippen LogP contribution in [0.2, 0.25) is 0 Å². The Balaban J connectivity index is 2.04. The number of aliphatic hydroxyl groups is 1. The second kappa shape index (κ2) is 5.95. The summed E-state index contributed by atoms with van der Waals surface area (Å²) in [6, 6.07) is 0.190. The van der Waals surface area contributed by atoms with Crippen LogP contribution in [-0.2, 0) is 10.2 Å². The molecular formula is C16H28N2O2S. The molecule has 0 aliphatic carbocycles. The van der Waals surface area contributed by atoms with E-state index in [1.54, 1.807) is 11.3 Å². The van der Waals surface area contributed by atoms with Gasteiger partial charge in [0, 0.05) is 35.9 Å². The van der Waals surface area contributed by atoms with Crippen molar-refractivity contribution in [3.05, 3.63) is 15.6 Å². The topological polar surface area (TPSA) is 54.4 Å². The van der Waals surface area contributed by atoms with E-state index in [4.69, 9.17) is 9.72 Å². The summed E-state index contributed by atoms with van der Waals surface area (Å²) in [5.74, 6) is 0. The molecule has 4 nitrogen and oxygen atoms in total. The van der Waals surface area contributed by atoms with E-state index in [2.05, 4.69) is 39.9 Å². The molecule has 0 bridgehead atoms. The fourth-order valence-corrected chi connectivity index (χ4v) is 3.71. The number of thiazole rings is 1. The van der Waals surface area contributed by atoms with E-state index in [0.29, 0.717) is 19.6 Å². The van der Waals surface area contributed by atoms with Crippen molar-refractivity contribution in [1.29, 1.82) is 0 Å². The van der Waals surface area contributed by atoms with Gasteiger partial charge in [-0.25, -0.2) is 4.98 Å². The first-order valence-corrected chi connectivity index (χ1v) is 8.50. The summed E-state index contributed by atoms with van der Waals surface area (Å²) < 4.78 is 5.48. The lowest BCUT2D eigenvalue weighted by Gasteiger charge is -2.28. The van der Waals surface area contributed by atoms with Crippen molar-refractivity contribution in [1.82, 2.24) is 10.3 Å². The Hall–Kier alpha value is -0.490. The lowest BCUT2D eigenvalue weighted by atomic mass is 9.96. The quantitative estimate of drug-likeness (QED) is 0.897. The van der Waals surface area contributed by atoms with Crippen LogP contribution in [0.3, 0.4) is 0 Å². The number of ether oxygens (including phenoxy) is 1. The first-order chi connectivity index (χ1) is 9.63. The molecule has 1 aliphatic heterocycles. The molecule has 2 heterocycles. The summed E-state index contributed by atoms with van der Waals surface area (Å²) >= 11 is 1.77. The predicted octanol–water partition coefficient (Wildman–Crippen LogP) is 2.94. The summed E-state index contributed by atoms with van der Waals surface area (Å²) in [6.45, 7) is 13.9. The van der Waals surface area contributed by atoms with Gasteiger partial charge in [-0.2, -0.15) is 0 Å². The minimum atomic E-state index is -0.750. The Morgan fingerprint density at radius 2 is 2.19 bits per heavy atom. The summed E-state index contributed by atoms with van der Waals surface area (Å²) in [4.78, 5) is 5.97. The Kier molecular flexibility index (Phi) is 4.78. The van der Waals surface area contributed by atoms with Crippen LogP contribution < -0.4 is 5.32 Å². The van der Waals surface area contributed by atoms with Gasteiger partial charge in [0.05, 0.1) is 16.8 Å². The number of rotatable bonds is 4. The molecule has 1 aromatic rings. The third-order valence-corrected chi connectivity index (χ3v) is 6.01. The van der Waals surface area contributed by atoms with Crippen LogP contribution in [0.1, 0.15) is 62.7 Å². The van der Waals surface area contributed by atoms with Gasteiger partial charge in [-0.05, 0) is 20.8 Å². The molecule has 1 aromatic heterocycles. The zero-order valence-corrected chi connectivity index (χ0v) is 14.8. The van der Waals surface area contributed by atoms with Crippen molar-refractivity contribution in [2.24, 2.45) is 0 Å². The molecule has 0 amide bonds. The van der Waals surface area contributed by atoms with E-state index in [9.17, 15) is 5.11 Å². The second-order valence-corrected chi connectivity index (χ2v) is 8.22. The number of hydrogen-bond acceptors (Lipinski definition) is 5. The maximum absolute atomic E-state index is 10.6. The average Bonchev–Trinajstić information content (AvgIpc) is 2.91. The fraction of sp³-hybridized carbons (Fsp3) is 0.812. The summed E-state index contributed by atoms with van der Waals surface area (Å²) in [5.41, 5.74) is 0.423. The summed E-state index contributed by atoms with van der Waals surface area (Å²) in [6.07, 6.45) is 0.591. The molecule has 21 heavy (non-hydrogen) atoms. The van der Waals surface area contributed by atoms with Gasteiger partial charge in [0.15, 0.2) is 0 Å². The van der Waals surface area contributed by atoms with Crippen molar-refractivity contribution in [2.75, 3.05) is 13.2 Å². The third kappa shape index (κ3) is 3.65. The first-order valence-electron chi connectivity index (χ1n) is 7.68. The van der Waals surface area contributed by atoms with Gasteiger partial charge < -0.3 is 15.2 Å². The van der Waals surface area contributed by atoms with E-state index in [0.717, 1.165) is 5.69 Å². The maximum atomic E-state index is 10.6. The molecule has 1 fully saturated rings. The highest BCUT2D eigenvalue weighted by Crippen LogP contribution is 2.33. The first kappa shape index (κ1) is 16.9. The Morgan fingerprint density at radius 3 is 2.67 bits per heavy atom. The molecular weight excluding hydrogens is 284 g/mol. The second-order valence-electron chi connectivity index (χ2n) is 7.19. The fourth-order valence-electron chi connectivity index (χ4n) is 2.56. The normalized spacial score (nSPS) is 28.0. The SMILES string of the molecule is Cc1nc(C(C)(C)C)sc1C(C)NCC1(O)CCOC1C. The highest BCUT2D eigenvalue weighted by atomic mass is 32.1. The monoisotopic (exact) mass is 312 g/mol. The third-order valence-electron chi connectivity index (χ3n) is 4.24. The number of aryl methyl sites for hydroxylation is 1. The Morgan fingerprint density at radius 1 is 1.52 bits per heavy atom. The number of hydrogen-bond donors (Lipinski definition) is 2. The molecule has 0 saturated carbocycles. The van der Waals surface area contributed by atoms with Gasteiger partial charge in [0.25, 0.3) is 0 Å². The lowest BCUT2D eigenvalue weighted by Crippen LogP contribution is -2.46. The van der Waals surface area contributed by atoms with Gasteiger partial charge in [-0.15, -0.1) is 11.3 Å². The smallest absolute Gasteiger partial charge is 0.105 e. The van der Waals surface area contributed by atoms with E-state index in [-0.39, 0.29) is 17.6 Å². The zero-order valence-electron chi connectivity index (χ0n) is 14.0. The Bertz CT molecular complexity index is 495. The van der Waals surface area contributed by atoms with Gasteiger partial charge in [0.2, 0.25) is 0 Å². The van der Waals surface area contributed by atoms with Crippen molar-refractivity contribution < 1.29 is 9.84 Å². The minimum Gasteiger partial charge on any atom is -0.386 e. The van der Waals surface area contributed by atoms with Gasteiger partial charge in [-0.3, -0.25) is 0 Å². The van der Waals surface area contributed by atoms with E-state index in [1.807, 2.05) is 6.92 Å². The molecule has 3 atom stereocenters. The van der Waals surface area contributed by atoms with Crippen molar-refractivity contribution in [3.63, 3.8) is 0 Å². The predicted molar refractivity (Wildman–Crippen MR) is 86.9 cm³/mol. The largest absolute Gasteiger partial charge is 0.386 e. The molecule has 1 aliphatic rings. The minimum absolute atomic E-state index is 0.0827. The van der Waals surface area contributed by atoms with Crippen LogP contribution in [-0.4, -0.2) is 34.9 Å². The maximum Gasteiger partial charge on any atom is 0.105 e. The van der Waals surface area contributed by atoms with Crippen LogP contribution in [0.15, 0.2) is 0 Å². The molecule has 2 N–H and O–H groups in total. The highest BCUT2D eigenvalue weighted by Gasteiger charge is 2.39. The van der Waals surface area contributed by atoms with Crippen LogP contribution in [0.4, 0.5) is 0 Å². The van der Waals surface area contributed by atoms with Crippen LogP contribution in [0.5, 0.6) is 0 Å². The van der Waals surface area contributed by atoms with E-state index in [1.165, 1.54) is 9.88 Å². The summed E-state index contributed by atoms with van der Waals surface area (Å²) in [7, 11) is 0. The van der Waals surface area contributed by atoms with E-state index >= 15 is 0 Å². The van der Waals surface area contributed by atoms with Crippen molar-refractivity contribution in [2.45, 2.75) is 71.1 Å². The number of nitrogens with zero attached hydrogens (tertiary/aromatic N) is 1. The van der Waals surface area contributed by atoms with Crippen LogP contribution >= 0.6 is 11.3 Å². The number of aromatic nitrogens is 1. The molecule has 3 unspecified atom stereocenters. The van der Waals surface area contributed by atoms with Gasteiger partial charge in [0.1, 0.15) is 5.60 Å². The molecule has 0 spiro atoms. The molecule has 1 saturated heterocycles. The zero-order chi connectivity index (χ0) is 15.8.